The molecule has 0 aromatic heterocycles. The van der Waals surface area contributed by atoms with Crippen molar-refractivity contribution in [2.45, 2.75) is 12.8 Å². The molecule has 0 heterocycles. The van der Waals surface area contributed by atoms with Crippen LogP contribution in [-0.2, 0) is 17.6 Å². The van der Waals surface area contributed by atoms with Gasteiger partial charge in [-0.15, -0.1) is 0 Å². The van der Waals surface area contributed by atoms with Crippen molar-refractivity contribution < 1.29 is 14.3 Å². The number of fused-ring (bicyclic) bond motifs is 1. The van der Waals surface area contributed by atoms with Crippen LogP contribution >= 0.6 is 11.6 Å². The van der Waals surface area contributed by atoms with Crippen LogP contribution in [0.2, 0.25) is 5.02 Å². The van der Waals surface area contributed by atoms with Gasteiger partial charge in [-0.2, -0.15) is 0 Å². The summed E-state index contributed by atoms with van der Waals surface area (Å²) >= 11 is 6.16. The summed E-state index contributed by atoms with van der Waals surface area (Å²) < 4.78 is 4.73. The minimum absolute atomic E-state index is 0.0979. The van der Waals surface area contributed by atoms with Crippen molar-refractivity contribution >= 4 is 23.4 Å². The first-order valence-corrected chi connectivity index (χ1v) is 9.54. The summed E-state index contributed by atoms with van der Waals surface area (Å²) in [7, 11) is 1.36. The van der Waals surface area contributed by atoms with Gasteiger partial charge in [0, 0.05) is 16.5 Å². The van der Waals surface area contributed by atoms with E-state index >= 15 is 0 Å². The van der Waals surface area contributed by atoms with Crippen molar-refractivity contribution in [3.05, 3.63) is 94.0 Å². The van der Waals surface area contributed by atoms with E-state index in [9.17, 15) is 9.59 Å². The van der Waals surface area contributed by atoms with Crippen LogP contribution in [0.1, 0.15) is 31.8 Å². The number of hydrogen-bond acceptors (Lipinski definition) is 3. The van der Waals surface area contributed by atoms with Crippen molar-refractivity contribution in [1.29, 1.82) is 0 Å². The van der Waals surface area contributed by atoms with Crippen LogP contribution in [0.15, 0.2) is 66.7 Å². The molecule has 3 aromatic carbocycles. The van der Waals surface area contributed by atoms with E-state index in [0.29, 0.717) is 23.4 Å². The molecular formula is C24H19ClO3. The second kappa shape index (κ2) is 7.61. The molecule has 1 unspecified atom stereocenters. The number of Topliss-reactive ketones (excluding diaryl/α,β-unsaturated/α-hetero) is 1. The van der Waals surface area contributed by atoms with E-state index in [2.05, 4.69) is 0 Å². The number of hydrogen-bond donors (Lipinski definition) is 0. The summed E-state index contributed by atoms with van der Waals surface area (Å²) in [4.78, 5) is 24.6. The van der Waals surface area contributed by atoms with Gasteiger partial charge in [0.15, 0.2) is 5.78 Å². The molecule has 1 aliphatic carbocycles. The zero-order valence-corrected chi connectivity index (χ0v) is 16.2. The standard InChI is InChI=1S/C24H19ClO3/c1-28-24(27)16-10-8-15(9-11-16)12-18-14-22-20(6-3-7-21(22)23(18)26)17-4-2-5-19(25)13-17/h2-11,13,18H,12,14H2,1H3. The first-order chi connectivity index (χ1) is 13.6. The fraction of sp³-hybridized carbons (Fsp3) is 0.167. The second-order valence-corrected chi connectivity index (χ2v) is 7.44. The first kappa shape index (κ1) is 18.5. The molecular weight excluding hydrogens is 372 g/mol. The monoisotopic (exact) mass is 390 g/mol. The Morgan fingerprint density at radius 1 is 1.04 bits per heavy atom. The predicted octanol–water partition coefficient (Wildman–Crippen LogP) is 5.39. The van der Waals surface area contributed by atoms with Crippen molar-refractivity contribution in [1.82, 2.24) is 0 Å². The second-order valence-electron chi connectivity index (χ2n) is 7.00. The van der Waals surface area contributed by atoms with Gasteiger partial charge in [0.2, 0.25) is 0 Å². The summed E-state index contributed by atoms with van der Waals surface area (Å²) in [6.45, 7) is 0. The molecule has 0 saturated carbocycles. The first-order valence-electron chi connectivity index (χ1n) is 9.16. The molecule has 0 spiro atoms. The third kappa shape index (κ3) is 3.46. The molecule has 1 atom stereocenters. The Kier molecular flexibility index (Phi) is 5.01. The molecule has 0 amide bonds. The maximum absolute atomic E-state index is 13.0. The Morgan fingerprint density at radius 2 is 1.75 bits per heavy atom. The molecule has 140 valence electrons. The quantitative estimate of drug-likeness (QED) is 0.561. The number of esters is 1. The molecule has 0 bridgehead atoms. The topological polar surface area (TPSA) is 43.4 Å². The molecule has 28 heavy (non-hydrogen) atoms. The fourth-order valence-corrected chi connectivity index (χ4v) is 4.06. The van der Waals surface area contributed by atoms with Gasteiger partial charge >= 0.3 is 5.97 Å². The lowest BCUT2D eigenvalue weighted by Gasteiger charge is -2.10. The van der Waals surface area contributed by atoms with Crippen LogP contribution in [0.25, 0.3) is 11.1 Å². The zero-order valence-electron chi connectivity index (χ0n) is 15.4. The average Bonchev–Trinajstić information content (AvgIpc) is 3.03. The lowest BCUT2D eigenvalue weighted by Crippen LogP contribution is -2.12. The minimum Gasteiger partial charge on any atom is -0.465 e. The van der Waals surface area contributed by atoms with Gasteiger partial charge in [0.1, 0.15) is 0 Å². The number of benzene rings is 3. The van der Waals surface area contributed by atoms with Gasteiger partial charge < -0.3 is 4.74 Å². The van der Waals surface area contributed by atoms with Crippen molar-refractivity contribution in [3.8, 4) is 11.1 Å². The highest BCUT2D eigenvalue weighted by Crippen LogP contribution is 2.36. The summed E-state index contributed by atoms with van der Waals surface area (Å²) in [5.74, 6) is -0.280. The molecule has 1 aliphatic rings. The van der Waals surface area contributed by atoms with E-state index in [-0.39, 0.29) is 17.7 Å². The van der Waals surface area contributed by atoms with Crippen LogP contribution in [0.5, 0.6) is 0 Å². The van der Waals surface area contributed by atoms with E-state index in [1.54, 1.807) is 12.1 Å². The number of rotatable bonds is 4. The Morgan fingerprint density at radius 3 is 2.46 bits per heavy atom. The van der Waals surface area contributed by atoms with Crippen LogP contribution in [0.4, 0.5) is 0 Å². The van der Waals surface area contributed by atoms with E-state index < -0.39 is 0 Å². The van der Waals surface area contributed by atoms with Crippen molar-refractivity contribution in [2.24, 2.45) is 5.92 Å². The highest BCUT2D eigenvalue weighted by atomic mass is 35.5. The Bertz CT molecular complexity index is 1050. The summed E-state index contributed by atoms with van der Waals surface area (Å²) in [6, 6.07) is 20.9. The predicted molar refractivity (Wildman–Crippen MR) is 110 cm³/mol. The largest absolute Gasteiger partial charge is 0.465 e. The van der Waals surface area contributed by atoms with E-state index in [1.807, 2.05) is 54.6 Å². The lowest BCUT2D eigenvalue weighted by atomic mass is 9.94. The van der Waals surface area contributed by atoms with E-state index in [4.69, 9.17) is 16.3 Å². The number of carbonyl (C=O) groups excluding carboxylic acids is 2. The van der Waals surface area contributed by atoms with Gasteiger partial charge in [0.25, 0.3) is 0 Å². The van der Waals surface area contributed by atoms with E-state index in [1.165, 1.54) is 7.11 Å². The number of ketones is 1. The molecule has 0 radical (unpaired) electrons. The Hall–Kier alpha value is -2.91. The highest BCUT2D eigenvalue weighted by Gasteiger charge is 2.32. The van der Waals surface area contributed by atoms with Crippen LogP contribution in [0.3, 0.4) is 0 Å². The molecule has 3 aromatic rings. The van der Waals surface area contributed by atoms with Crippen LogP contribution in [0, 0.1) is 5.92 Å². The number of methoxy groups -OCH3 is 1. The molecule has 4 rings (SSSR count). The van der Waals surface area contributed by atoms with Gasteiger partial charge in [0.05, 0.1) is 12.7 Å². The number of ether oxygens (including phenoxy) is 1. The van der Waals surface area contributed by atoms with E-state index in [0.717, 1.165) is 27.8 Å². The summed E-state index contributed by atoms with van der Waals surface area (Å²) in [5.41, 5.74) is 5.52. The smallest absolute Gasteiger partial charge is 0.337 e. The molecule has 4 heteroatoms. The Balaban J connectivity index is 1.59. The minimum atomic E-state index is -0.359. The van der Waals surface area contributed by atoms with Crippen molar-refractivity contribution in [3.63, 3.8) is 0 Å². The average molecular weight is 391 g/mol. The SMILES string of the molecule is COC(=O)c1ccc(CC2Cc3c(cccc3-c3cccc(Cl)c3)C2=O)cc1. The van der Waals surface area contributed by atoms with Gasteiger partial charge in [-0.05, 0) is 59.4 Å². The summed E-state index contributed by atoms with van der Waals surface area (Å²) in [5, 5.41) is 0.682. The normalized spacial score (nSPS) is 15.4. The van der Waals surface area contributed by atoms with Crippen LogP contribution in [-0.4, -0.2) is 18.9 Å². The molecule has 0 N–H and O–H groups in total. The zero-order chi connectivity index (χ0) is 19.7. The number of halogens is 1. The van der Waals surface area contributed by atoms with Gasteiger partial charge in [-0.3, -0.25) is 4.79 Å². The third-order valence-corrected chi connectivity index (χ3v) is 5.49. The van der Waals surface area contributed by atoms with Gasteiger partial charge in [-0.25, -0.2) is 4.79 Å². The highest BCUT2D eigenvalue weighted by molar-refractivity contribution is 6.30. The Labute approximate surface area is 168 Å². The molecule has 0 saturated heterocycles. The molecule has 0 fully saturated rings. The molecule has 0 aliphatic heterocycles. The van der Waals surface area contributed by atoms with Crippen LogP contribution < -0.4 is 0 Å². The molecule has 3 nitrogen and oxygen atoms in total. The van der Waals surface area contributed by atoms with Crippen molar-refractivity contribution in [2.75, 3.05) is 7.11 Å². The maximum atomic E-state index is 13.0. The lowest BCUT2D eigenvalue weighted by molar-refractivity contribution is 0.0600. The summed E-state index contributed by atoms with van der Waals surface area (Å²) in [6.07, 6.45) is 1.35. The fourth-order valence-electron chi connectivity index (χ4n) is 3.87. The third-order valence-electron chi connectivity index (χ3n) is 5.26. The van der Waals surface area contributed by atoms with Gasteiger partial charge in [-0.1, -0.05) is 54.1 Å². The maximum Gasteiger partial charge on any atom is 0.337 e. The number of carbonyl (C=O) groups is 2.